The molecule has 13 heteroatoms. The van der Waals surface area contributed by atoms with Gasteiger partial charge in [0.2, 0.25) is 11.6 Å². The van der Waals surface area contributed by atoms with Gasteiger partial charge in [-0.15, -0.1) is 5.10 Å². The average molecular weight is 538 g/mol. The molecule has 4 aromatic rings. The summed E-state index contributed by atoms with van der Waals surface area (Å²) in [5, 5.41) is 29.5. The first-order valence-corrected chi connectivity index (χ1v) is 11.5. The summed E-state index contributed by atoms with van der Waals surface area (Å²) in [7, 11) is 0. The molecule has 0 bridgehead atoms. The number of hydrazone groups is 1. The molecule has 1 aliphatic heterocycles. The van der Waals surface area contributed by atoms with Crippen molar-refractivity contribution in [2.24, 2.45) is 5.10 Å². The van der Waals surface area contributed by atoms with E-state index in [0.717, 1.165) is 29.5 Å². The van der Waals surface area contributed by atoms with E-state index < -0.39 is 5.91 Å². The minimum absolute atomic E-state index is 0.0188. The van der Waals surface area contributed by atoms with Crippen LogP contribution in [0.3, 0.4) is 0 Å². The van der Waals surface area contributed by atoms with Gasteiger partial charge in [-0.2, -0.15) is 9.78 Å². The number of aromatic hydroxyl groups is 1. The fraction of sp³-hybridized carbons (Fsp3) is 0.182. The van der Waals surface area contributed by atoms with Gasteiger partial charge in [0, 0.05) is 22.3 Å². The number of nitrogens with two attached hydrogens (primary N) is 1. The van der Waals surface area contributed by atoms with Crippen molar-refractivity contribution in [3.63, 3.8) is 0 Å². The number of aromatic nitrogens is 5. The summed E-state index contributed by atoms with van der Waals surface area (Å²) in [4.78, 5) is 15.2. The summed E-state index contributed by atoms with van der Waals surface area (Å²) in [5.41, 5.74) is 11.6. The lowest BCUT2D eigenvalue weighted by molar-refractivity contribution is 0.0949. The van der Waals surface area contributed by atoms with Crippen LogP contribution in [-0.4, -0.2) is 49.1 Å². The maximum absolute atomic E-state index is 13.0. The third-order valence-corrected chi connectivity index (χ3v) is 6.07. The first kappa shape index (κ1) is 22.5. The van der Waals surface area contributed by atoms with Gasteiger partial charge in [0.1, 0.15) is 5.75 Å². The number of amides is 1. The molecule has 178 valence electrons. The van der Waals surface area contributed by atoms with Crippen LogP contribution in [-0.2, 0) is 13.0 Å². The molecule has 3 heterocycles. The number of aryl methyl sites for hydroxylation is 1. The van der Waals surface area contributed by atoms with Crippen LogP contribution < -0.4 is 16.1 Å². The Bertz CT molecular complexity index is 1410. The number of phenols is 1. The Morgan fingerprint density at radius 2 is 2.14 bits per heavy atom. The Morgan fingerprint density at radius 3 is 2.97 bits per heavy atom. The number of fused-ring (bicyclic) bond motifs is 1. The van der Waals surface area contributed by atoms with Gasteiger partial charge in [0.15, 0.2) is 5.69 Å². The zero-order valence-electron chi connectivity index (χ0n) is 18.3. The van der Waals surface area contributed by atoms with Gasteiger partial charge in [-0.3, -0.25) is 4.79 Å². The predicted octanol–water partition coefficient (Wildman–Crippen LogP) is 2.42. The number of phenolic OH excluding ortho intramolecular Hbond substituents is 1. The smallest absolute Gasteiger partial charge is 0.293 e. The largest absolute Gasteiger partial charge is 0.507 e. The van der Waals surface area contributed by atoms with Crippen LogP contribution in [0.1, 0.15) is 33.7 Å². The molecule has 4 N–H and O–H groups in total. The number of nitrogen functional groups attached to an aromatic ring is 1. The van der Waals surface area contributed by atoms with E-state index in [-0.39, 0.29) is 23.1 Å². The average Bonchev–Trinajstić information content (AvgIpc) is 3.47. The number of benzene rings is 2. The maximum atomic E-state index is 13.0. The Morgan fingerprint density at radius 1 is 1.29 bits per heavy atom. The molecule has 0 radical (unpaired) electrons. The van der Waals surface area contributed by atoms with Crippen LogP contribution >= 0.6 is 15.9 Å². The number of anilines is 2. The summed E-state index contributed by atoms with van der Waals surface area (Å²) in [6, 6.07) is 13.0. The van der Waals surface area contributed by atoms with Crippen molar-refractivity contribution in [2.45, 2.75) is 19.4 Å². The molecule has 1 aliphatic rings. The lowest BCUT2D eigenvalue weighted by atomic mass is 10.0. The van der Waals surface area contributed by atoms with Crippen LogP contribution in [0.5, 0.6) is 5.75 Å². The van der Waals surface area contributed by atoms with Crippen LogP contribution in [0, 0.1) is 0 Å². The van der Waals surface area contributed by atoms with Gasteiger partial charge in [0.25, 0.3) is 5.91 Å². The standard InChI is InChI=1S/C22H20BrN9O3/c23-15-7-8-18(33)14(10-15)11-25-27-22(34)19-17(32(30-26-19)21-20(24)28-35-29-21)12-31-9-3-5-13-4-1-2-6-16(13)31/h1-2,4,6-8,10-11,33H,3,5,9,12H2,(H2,24,28)(H,27,34). The van der Waals surface area contributed by atoms with E-state index in [1.165, 1.54) is 22.5 Å². The number of rotatable bonds is 6. The van der Waals surface area contributed by atoms with Crippen LogP contribution in [0.4, 0.5) is 11.5 Å². The molecular weight excluding hydrogens is 518 g/mol. The molecule has 0 spiro atoms. The Hall–Kier alpha value is -4.26. The number of hydrogen-bond donors (Lipinski definition) is 3. The minimum Gasteiger partial charge on any atom is -0.507 e. The highest BCUT2D eigenvalue weighted by Gasteiger charge is 2.27. The number of nitrogens with zero attached hydrogens (tertiary/aromatic N) is 7. The number of para-hydroxylation sites is 1. The van der Waals surface area contributed by atoms with E-state index in [2.05, 4.69) is 58.0 Å². The number of carbonyl (C=O) groups is 1. The first-order chi connectivity index (χ1) is 17.0. The summed E-state index contributed by atoms with van der Waals surface area (Å²) < 4.78 is 6.83. The zero-order valence-corrected chi connectivity index (χ0v) is 19.9. The molecular formula is C22H20BrN9O3. The third kappa shape index (κ3) is 4.57. The Kier molecular flexibility index (Phi) is 6.14. The summed E-state index contributed by atoms with van der Waals surface area (Å²) >= 11 is 3.33. The Balaban J connectivity index is 1.46. The lowest BCUT2D eigenvalue weighted by Crippen LogP contribution is -2.31. The predicted molar refractivity (Wildman–Crippen MR) is 130 cm³/mol. The van der Waals surface area contributed by atoms with Crippen molar-refractivity contribution >= 4 is 39.6 Å². The second-order valence-electron chi connectivity index (χ2n) is 7.83. The van der Waals surface area contributed by atoms with Gasteiger partial charge >= 0.3 is 0 Å². The Labute approximate surface area is 207 Å². The van der Waals surface area contributed by atoms with E-state index in [1.807, 2.05) is 18.2 Å². The van der Waals surface area contributed by atoms with Crippen LogP contribution in [0.25, 0.3) is 5.82 Å². The maximum Gasteiger partial charge on any atom is 0.293 e. The number of carbonyl (C=O) groups excluding carboxylic acids is 1. The topological polar surface area (TPSA) is 161 Å². The van der Waals surface area contributed by atoms with Crippen molar-refractivity contribution in [1.29, 1.82) is 0 Å². The van der Waals surface area contributed by atoms with Crippen molar-refractivity contribution in [2.75, 3.05) is 17.2 Å². The second-order valence-corrected chi connectivity index (χ2v) is 8.74. The lowest BCUT2D eigenvalue weighted by Gasteiger charge is -2.31. The van der Waals surface area contributed by atoms with Crippen molar-refractivity contribution in [3.8, 4) is 11.6 Å². The molecule has 0 saturated carbocycles. The highest BCUT2D eigenvalue weighted by molar-refractivity contribution is 9.10. The van der Waals surface area contributed by atoms with Gasteiger partial charge in [-0.25, -0.2) is 10.1 Å². The van der Waals surface area contributed by atoms with E-state index in [4.69, 9.17) is 10.4 Å². The SMILES string of the molecule is Nc1nonc1-n1nnc(C(=O)NN=Cc2cc(Br)ccc2O)c1CN1CCCc2ccccc21. The van der Waals surface area contributed by atoms with E-state index >= 15 is 0 Å². The molecule has 1 amide bonds. The second kappa shape index (κ2) is 9.54. The molecule has 0 saturated heterocycles. The summed E-state index contributed by atoms with van der Waals surface area (Å²) in [5.74, 6) is -0.405. The summed E-state index contributed by atoms with van der Waals surface area (Å²) in [6.07, 6.45) is 3.28. The third-order valence-electron chi connectivity index (χ3n) is 5.58. The quantitative estimate of drug-likeness (QED) is 0.247. The fourth-order valence-electron chi connectivity index (χ4n) is 3.93. The van der Waals surface area contributed by atoms with Gasteiger partial charge in [0.05, 0.1) is 18.5 Å². The van der Waals surface area contributed by atoms with Crippen molar-refractivity contribution in [3.05, 3.63) is 69.5 Å². The van der Waals surface area contributed by atoms with Gasteiger partial charge in [-0.1, -0.05) is 39.3 Å². The zero-order chi connectivity index (χ0) is 24.4. The molecule has 2 aromatic heterocycles. The minimum atomic E-state index is -0.586. The van der Waals surface area contributed by atoms with Crippen LogP contribution in [0.2, 0.25) is 0 Å². The molecule has 0 atom stereocenters. The van der Waals surface area contributed by atoms with E-state index in [1.54, 1.807) is 12.1 Å². The molecule has 0 aliphatic carbocycles. The van der Waals surface area contributed by atoms with Gasteiger partial charge < -0.3 is 15.7 Å². The molecule has 35 heavy (non-hydrogen) atoms. The normalized spacial score (nSPS) is 13.2. The highest BCUT2D eigenvalue weighted by Crippen LogP contribution is 2.29. The monoisotopic (exact) mass is 537 g/mol. The van der Waals surface area contributed by atoms with Gasteiger partial charge in [-0.05, 0) is 53.0 Å². The molecule has 5 rings (SSSR count). The number of halogens is 1. The molecule has 0 fully saturated rings. The highest BCUT2D eigenvalue weighted by atomic mass is 79.9. The first-order valence-electron chi connectivity index (χ1n) is 10.7. The van der Waals surface area contributed by atoms with E-state index in [0.29, 0.717) is 17.8 Å². The number of hydrogen-bond acceptors (Lipinski definition) is 10. The van der Waals surface area contributed by atoms with Crippen LogP contribution in [0.15, 0.2) is 56.7 Å². The molecule has 0 unspecified atom stereocenters. The molecule has 12 nitrogen and oxygen atoms in total. The van der Waals surface area contributed by atoms with Crippen molar-refractivity contribution < 1.29 is 14.5 Å². The molecule has 2 aromatic carbocycles. The number of nitrogens with one attached hydrogen (secondary N) is 1. The van der Waals surface area contributed by atoms with Crippen molar-refractivity contribution in [1.82, 2.24) is 30.7 Å². The summed E-state index contributed by atoms with van der Waals surface area (Å²) in [6.45, 7) is 1.10. The fourth-order valence-corrected chi connectivity index (χ4v) is 4.31. The van der Waals surface area contributed by atoms with E-state index in [9.17, 15) is 9.90 Å².